The molecule has 120 valence electrons. The van der Waals surface area contributed by atoms with Gasteiger partial charge in [-0.05, 0) is 30.4 Å². The number of aliphatic carboxylic acids is 1. The predicted octanol–water partition coefficient (Wildman–Crippen LogP) is 3.13. The quantitative estimate of drug-likeness (QED) is 0.919. The van der Waals surface area contributed by atoms with E-state index in [-0.39, 0.29) is 12.5 Å². The average molecular weight is 312 g/mol. The van der Waals surface area contributed by atoms with E-state index >= 15 is 0 Å². The Hall–Kier alpha value is -2.14. The van der Waals surface area contributed by atoms with Gasteiger partial charge in [-0.15, -0.1) is 0 Å². The van der Waals surface area contributed by atoms with Crippen molar-refractivity contribution in [2.75, 3.05) is 6.54 Å². The van der Waals surface area contributed by atoms with Gasteiger partial charge in [0.25, 0.3) is 0 Å². The molecule has 1 aromatic heterocycles. The monoisotopic (exact) mass is 312 g/mol. The highest BCUT2D eigenvalue weighted by Gasteiger charge is 2.31. The van der Waals surface area contributed by atoms with E-state index in [1.54, 1.807) is 0 Å². The fourth-order valence-corrected chi connectivity index (χ4v) is 3.47. The number of fused-ring (bicyclic) bond motifs is 1. The van der Waals surface area contributed by atoms with E-state index in [1.165, 1.54) is 18.4 Å². The molecule has 5 nitrogen and oxygen atoms in total. The van der Waals surface area contributed by atoms with Gasteiger partial charge in [-0.1, -0.05) is 29.4 Å². The summed E-state index contributed by atoms with van der Waals surface area (Å²) in [5, 5.41) is 13.5. The van der Waals surface area contributed by atoms with Crippen LogP contribution in [-0.2, 0) is 17.8 Å². The van der Waals surface area contributed by atoms with Crippen molar-refractivity contribution in [1.82, 2.24) is 10.1 Å². The van der Waals surface area contributed by atoms with Gasteiger partial charge in [0, 0.05) is 31.1 Å². The van der Waals surface area contributed by atoms with Crippen molar-refractivity contribution in [3.8, 4) is 0 Å². The van der Waals surface area contributed by atoms with Gasteiger partial charge in [0.1, 0.15) is 5.76 Å². The summed E-state index contributed by atoms with van der Waals surface area (Å²) in [4.78, 5) is 13.5. The number of hydrogen-bond donors (Lipinski definition) is 1. The number of carboxylic acids is 1. The Kier molecular flexibility index (Phi) is 3.65. The molecule has 1 aliphatic carbocycles. The summed E-state index contributed by atoms with van der Waals surface area (Å²) in [5.74, 6) is 0.760. The van der Waals surface area contributed by atoms with Crippen molar-refractivity contribution in [1.29, 1.82) is 0 Å². The van der Waals surface area contributed by atoms with Crippen LogP contribution in [0.2, 0.25) is 0 Å². The van der Waals surface area contributed by atoms with E-state index in [1.807, 2.05) is 24.3 Å². The molecule has 5 heteroatoms. The lowest BCUT2D eigenvalue weighted by Gasteiger charge is -2.36. The summed E-state index contributed by atoms with van der Waals surface area (Å²) >= 11 is 0. The first-order valence-electron chi connectivity index (χ1n) is 8.20. The summed E-state index contributed by atoms with van der Waals surface area (Å²) in [6.45, 7) is 1.49. The average Bonchev–Trinajstić information content (AvgIpc) is 3.29. The summed E-state index contributed by atoms with van der Waals surface area (Å²) in [5.41, 5.74) is 3.29. The van der Waals surface area contributed by atoms with E-state index in [0.29, 0.717) is 12.5 Å². The first-order chi connectivity index (χ1) is 11.2. The van der Waals surface area contributed by atoms with Gasteiger partial charge in [0.05, 0.1) is 12.1 Å². The van der Waals surface area contributed by atoms with E-state index in [0.717, 1.165) is 30.0 Å². The van der Waals surface area contributed by atoms with Crippen LogP contribution in [0.15, 0.2) is 34.9 Å². The number of nitrogens with zero attached hydrogens (tertiary/aromatic N) is 2. The summed E-state index contributed by atoms with van der Waals surface area (Å²) < 4.78 is 5.42. The van der Waals surface area contributed by atoms with Crippen molar-refractivity contribution >= 4 is 5.97 Å². The van der Waals surface area contributed by atoms with Crippen molar-refractivity contribution in [2.24, 2.45) is 0 Å². The largest absolute Gasteiger partial charge is 0.481 e. The Morgan fingerprint density at radius 1 is 1.35 bits per heavy atom. The molecular weight excluding hydrogens is 292 g/mol. The number of carboxylic acid groups (broad SMARTS) is 1. The smallest absolute Gasteiger partial charge is 0.305 e. The van der Waals surface area contributed by atoms with Crippen LogP contribution in [0.3, 0.4) is 0 Å². The third kappa shape index (κ3) is 3.01. The Morgan fingerprint density at radius 2 is 2.17 bits per heavy atom. The number of carbonyl (C=O) groups is 1. The summed E-state index contributed by atoms with van der Waals surface area (Å²) in [7, 11) is 0. The molecule has 0 amide bonds. The molecule has 1 aliphatic heterocycles. The molecular formula is C18H20N2O3. The number of benzene rings is 1. The fourth-order valence-electron chi connectivity index (χ4n) is 3.47. The Bertz CT molecular complexity index is 721. The van der Waals surface area contributed by atoms with Crippen LogP contribution in [-0.4, -0.2) is 27.7 Å². The van der Waals surface area contributed by atoms with E-state index in [4.69, 9.17) is 4.52 Å². The molecule has 0 bridgehead atoms. The molecule has 0 radical (unpaired) electrons. The number of rotatable bonds is 5. The maximum atomic E-state index is 11.3. The van der Waals surface area contributed by atoms with Gasteiger partial charge in [-0.2, -0.15) is 0 Å². The molecule has 4 rings (SSSR count). The van der Waals surface area contributed by atoms with Gasteiger partial charge in [-0.3, -0.25) is 9.69 Å². The third-order valence-electron chi connectivity index (χ3n) is 4.81. The lowest BCUT2D eigenvalue weighted by atomic mass is 9.90. The second-order valence-electron chi connectivity index (χ2n) is 6.53. The van der Waals surface area contributed by atoms with Crippen LogP contribution < -0.4 is 0 Å². The molecule has 23 heavy (non-hydrogen) atoms. The van der Waals surface area contributed by atoms with Crippen molar-refractivity contribution in [2.45, 2.75) is 44.2 Å². The highest BCUT2D eigenvalue weighted by molar-refractivity contribution is 5.68. The minimum absolute atomic E-state index is 0.0986. The SMILES string of the molecule is O=C(O)CC1c2ccccc2CCN1Cc1cc(C2CC2)on1. The lowest BCUT2D eigenvalue weighted by molar-refractivity contribution is -0.138. The first kappa shape index (κ1) is 14.5. The highest BCUT2D eigenvalue weighted by atomic mass is 16.5. The van der Waals surface area contributed by atoms with E-state index < -0.39 is 5.97 Å². The highest BCUT2D eigenvalue weighted by Crippen LogP contribution is 2.40. The molecule has 0 spiro atoms. The Balaban J connectivity index is 1.57. The zero-order valence-corrected chi connectivity index (χ0v) is 12.9. The Morgan fingerprint density at radius 3 is 2.96 bits per heavy atom. The fraction of sp³-hybridized carbons (Fsp3) is 0.444. The zero-order valence-electron chi connectivity index (χ0n) is 12.9. The molecule has 1 unspecified atom stereocenters. The van der Waals surface area contributed by atoms with E-state index in [9.17, 15) is 9.90 Å². The van der Waals surface area contributed by atoms with Gasteiger partial charge in [0.2, 0.25) is 0 Å². The van der Waals surface area contributed by atoms with Crippen LogP contribution in [0.4, 0.5) is 0 Å². The molecule has 1 aromatic carbocycles. The zero-order chi connectivity index (χ0) is 15.8. The van der Waals surface area contributed by atoms with Crippen LogP contribution in [0.25, 0.3) is 0 Å². The maximum Gasteiger partial charge on any atom is 0.305 e. The first-order valence-corrected chi connectivity index (χ1v) is 8.20. The molecule has 1 fully saturated rings. The molecule has 0 saturated heterocycles. The van der Waals surface area contributed by atoms with E-state index in [2.05, 4.69) is 16.1 Å². The minimum atomic E-state index is -0.768. The molecule has 1 saturated carbocycles. The van der Waals surface area contributed by atoms with Gasteiger partial charge in [0.15, 0.2) is 0 Å². The molecule has 1 N–H and O–H groups in total. The normalized spacial score (nSPS) is 21.1. The summed E-state index contributed by atoms with van der Waals surface area (Å²) in [6.07, 6.45) is 3.44. The maximum absolute atomic E-state index is 11.3. The van der Waals surface area contributed by atoms with Crippen molar-refractivity contribution in [3.05, 3.63) is 52.9 Å². The van der Waals surface area contributed by atoms with Crippen LogP contribution in [0.1, 0.15) is 53.8 Å². The second kappa shape index (κ2) is 5.81. The number of hydrogen-bond acceptors (Lipinski definition) is 4. The number of aromatic nitrogens is 1. The molecule has 2 aliphatic rings. The van der Waals surface area contributed by atoms with Crippen LogP contribution in [0.5, 0.6) is 0 Å². The second-order valence-corrected chi connectivity index (χ2v) is 6.53. The lowest BCUT2D eigenvalue weighted by Crippen LogP contribution is -2.36. The minimum Gasteiger partial charge on any atom is -0.481 e. The van der Waals surface area contributed by atoms with Crippen LogP contribution >= 0.6 is 0 Å². The third-order valence-corrected chi connectivity index (χ3v) is 4.81. The van der Waals surface area contributed by atoms with Gasteiger partial charge < -0.3 is 9.63 Å². The summed E-state index contributed by atoms with van der Waals surface area (Å²) in [6, 6.07) is 10.1. The standard InChI is InChI=1S/C18H20N2O3/c21-18(22)10-16-15-4-2-1-3-12(15)7-8-20(16)11-14-9-17(23-19-14)13-5-6-13/h1-4,9,13,16H,5-8,10-11H2,(H,21,22). The topological polar surface area (TPSA) is 66.6 Å². The van der Waals surface area contributed by atoms with Gasteiger partial charge in [-0.25, -0.2) is 0 Å². The van der Waals surface area contributed by atoms with Gasteiger partial charge >= 0.3 is 5.97 Å². The predicted molar refractivity (Wildman–Crippen MR) is 84.0 cm³/mol. The Labute approximate surface area is 134 Å². The van der Waals surface area contributed by atoms with Crippen molar-refractivity contribution < 1.29 is 14.4 Å². The molecule has 1 atom stereocenters. The molecule has 2 heterocycles. The molecule has 2 aromatic rings. The van der Waals surface area contributed by atoms with Crippen molar-refractivity contribution in [3.63, 3.8) is 0 Å². The van der Waals surface area contributed by atoms with Crippen LogP contribution in [0, 0.1) is 0 Å².